The Hall–Kier alpha value is -2.54. The lowest BCUT2D eigenvalue weighted by atomic mass is 10.1. The van der Waals surface area contributed by atoms with Crippen molar-refractivity contribution >= 4 is 21.6 Å². The molecule has 0 aliphatic heterocycles. The van der Waals surface area contributed by atoms with Crippen LogP contribution < -0.4 is 14.4 Å². The Kier molecular flexibility index (Phi) is 6.03. The first kappa shape index (κ1) is 18.8. The lowest BCUT2D eigenvalue weighted by Crippen LogP contribution is -2.25. The molecule has 1 amide bonds. The van der Waals surface area contributed by atoms with Crippen LogP contribution >= 0.6 is 0 Å². The second kappa shape index (κ2) is 8.02. The molecule has 0 bridgehead atoms. The first-order chi connectivity index (χ1) is 11.8. The molecule has 25 heavy (non-hydrogen) atoms. The summed E-state index contributed by atoms with van der Waals surface area (Å²) < 4.78 is 29.6. The van der Waals surface area contributed by atoms with Crippen molar-refractivity contribution in [3.8, 4) is 5.75 Å². The summed E-state index contributed by atoms with van der Waals surface area (Å²) in [6.07, 6.45) is 1.13. The van der Waals surface area contributed by atoms with Crippen molar-refractivity contribution in [3.05, 3.63) is 59.7 Å². The second-order valence-corrected chi connectivity index (χ2v) is 7.55. The fraction of sp³-hybridized carbons (Fsp3) is 0.278. The zero-order chi connectivity index (χ0) is 18.4. The van der Waals surface area contributed by atoms with Gasteiger partial charge in [0, 0.05) is 19.2 Å². The van der Waals surface area contributed by atoms with Crippen molar-refractivity contribution in [3.63, 3.8) is 0 Å². The van der Waals surface area contributed by atoms with Gasteiger partial charge in [-0.2, -0.15) is 0 Å². The number of hydrogen-bond donors (Lipinski definition) is 1. The number of amides is 1. The summed E-state index contributed by atoms with van der Waals surface area (Å²) in [4.78, 5) is 12.2. The molecule has 0 saturated heterocycles. The molecular weight excluding hydrogens is 340 g/mol. The predicted molar refractivity (Wildman–Crippen MR) is 98.5 cm³/mol. The van der Waals surface area contributed by atoms with E-state index in [1.54, 1.807) is 24.3 Å². The summed E-state index contributed by atoms with van der Waals surface area (Å²) in [6, 6.07) is 13.9. The SMILES string of the molecule is CCOc1ccc(CNC(=O)c2ccc(N(C)S(C)(=O)=O)cc2)cc1. The molecule has 0 saturated carbocycles. The summed E-state index contributed by atoms with van der Waals surface area (Å²) in [6.45, 7) is 2.93. The average molecular weight is 362 g/mol. The Morgan fingerprint density at radius 1 is 1.08 bits per heavy atom. The van der Waals surface area contributed by atoms with Gasteiger partial charge in [0.25, 0.3) is 5.91 Å². The summed E-state index contributed by atoms with van der Waals surface area (Å²) in [7, 11) is -1.85. The molecule has 0 spiro atoms. The topological polar surface area (TPSA) is 75.7 Å². The fourth-order valence-electron chi connectivity index (χ4n) is 2.17. The van der Waals surface area contributed by atoms with E-state index in [1.807, 2.05) is 31.2 Å². The van der Waals surface area contributed by atoms with Crippen molar-refractivity contribution in [2.75, 3.05) is 24.2 Å². The molecule has 7 heteroatoms. The molecule has 134 valence electrons. The maximum absolute atomic E-state index is 12.2. The standard InChI is InChI=1S/C18H22N2O4S/c1-4-24-17-11-5-14(6-12-17)13-19-18(21)15-7-9-16(10-8-15)20(2)25(3,22)23/h5-12H,4,13H2,1-3H3,(H,19,21). The number of nitrogens with zero attached hydrogens (tertiary/aromatic N) is 1. The quantitative estimate of drug-likeness (QED) is 0.821. The minimum Gasteiger partial charge on any atom is -0.494 e. The molecule has 2 aromatic carbocycles. The highest BCUT2D eigenvalue weighted by atomic mass is 32.2. The number of nitrogens with one attached hydrogen (secondary N) is 1. The Balaban J connectivity index is 1.96. The third-order valence-electron chi connectivity index (χ3n) is 3.68. The van der Waals surface area contributed by atoms with Gasteiger partial charge < -0.3 is 10.1 Å². The molecule has 6 nitrogen and oxygen atoms in total. The summed E-state index contributed by atoms with van der Waals surface area (Å²) in [5, 5.41) is 2.83. The highest BCUT2D eigenvalue weighted by molar-refractivity contribution is 7.92. The Morgan fingerprint density at radius 2 is 1.68 bits per heavy atom. The van der Waals surface area contributed by atoms with Gasteiger partial charge >= 0.3 is 0 Å². The van der Waals surface area contributed by atoms with E-state index >= 15 is 0 Å². The molecule has 1 N–H and O–H groups in total. The van der Waals surface area contributed by atoms with Crippen LogP contribution in [0.15, 0.2) is 48.5 Å². The fourth-order valence-corrected chi connectivity index (χ4v) is 2.67. The zero-order valence-electron chi connectivity index (χ0n) is 14.5. The van der Waals surface area contributed by atoms with E-state index in [0.717, 1.165) is 21.9 Å². The third kappa shape index (κ3) is 5.22. The minimum atomic E-state index is -3.32. The van der Waals surface area contributed by atoms with E-state index in [9.17, 15) is 13.2 Å². The molecule has 0 atom stereocenters. The van der Waals surface area contributed by atoms with Gasteiger partial charge in [-0.1, -0.05) is 12.1 Å². The summed E-state index contributed by atoms with van der Waals surface area (Å²) in [5.74, 6) is 0.575. The van der Waals surface area contributed by atoms with E-state index in [4.69, 9.17) is 4.74 Å². The molecule has 0 aliphatic rings. The number of carbonyl (C=O) groups is 1. The predicted octanol–water partition coefficient (Wildman–Crippen LogP) is 2.41. The van der Waals surface area contributed by atoms with Gasteiger partial charge in [0.15, 0.2) is 0 Å². The Labute approximate surface area is 148 Å². The van der Waals surface area contributed by atoms with Crippen LogP contribution in [0.3, 0.4) is 0 Å². The van der Waals surface area contributed by atoms with Gasteiger partial charge in [-0.15, -0.1) is 0 Å². The maximum Gasteiger partial charge on any atom is 0.251 e. The van der Waals surface area contributed by atoms with Crippen LogP contribution in [-0.4, -0.2) is 34.2 Å². The molecule has 0 unspecified atom stereocenters. The highest BCUT2D eigenvalue weighted by Crippen LogP contribution is 2.16. The second-order valence-electron chi connectivity index (χ2n) is 5.54. The van der Waals surface area contributed by atoms with Crippen LogP contribution in [0.25, 0.3) is 0 Å². The molecule has 0 aliphatic carbocycles. The highest BCUT2D eigenvalue weighted by Gasteiger charge is 2.12. The van der Waals surface area contributed by atoms with Crippen molar-refractivity contribution in [2.24, 2.45) is 0 Å². The number of rotatable bonds is 7. The average Bonchev–Trinajstić information content (AvgIpc) is 2.60. The first-order valence-electron chi connectivity index (χ1n) is 7.85. The van der Waals surface area contributed by atoms with E-state index in [0.29, 0.717) is 24.4 Å². The largest absolute Gasteiger partial charge is 0.494 e. The van der Waals surface area contributed by atoms with Gasteiger partial charge in [0.05, 0.1) is 18.6 Å². The number of benzene rings is 2. The Morgan fingerprint density at radius 3 is 2.20 bits per heavy atom. The number of hydrogen-bond acceptors (Lipinski definition) is 4. The normalized spacial score (nSPS) is 11.0. The first-order valence-corrected chi connectivity index (χ1v) is 9.70. The van der Waals surface area contributed by atoms with Gasteiger partial charge in [0.2, 0.25) is 10.0 Å². The molecule has 0 radical (unpaired) electrons. The van der Waals surface area contributed by atoms with Gasteiger partial charge in [0.1, 0.15) is 5.75 Å². The number of anilines is 1. The van der Waals surface area contributed by atoms with Crippen LogP contribution in [0.5, 0.6) is 5.75 Å². The molecule has 0 aromatic heterocycles. The molecule has 2 rings (SSSR count). The third-order valence-corrected chi connectivity index (χ3v) is 4.88. The van der Waals surface area contributed by atoms with E-state index in [2.05, 4.69) is 5.32 Å². The number of carbonyl (C=O) groups excluding carboxylic acids is 1. The number of sulfonamides is 1. The van der Waals surface area contributed by atoms with Gasteiger partial charge in [-0.3, -0.25) is 9.10 Å². The van der Waals surface area contributed by atoms with Crippen molar-refractivity contribution in [2.45, 2.75) is 13.5 Å². The summed E-state index contributed by atoms with van der Waals surface area (Å²) >= 11 is 0. The summed E-state index contributed by atoms with van der Waals surface area (Å²) in [5.41, 5.74) is 1.94. The van der Waals surface area contributed by atoms with E-state index < -0.39 is 10.0 Å². The van der Waals surface area contributed by atoms with Crippen LogP contribution in [0.4, 0.5) is 5.69 Å². The van der Waals surface area contributed by atoms with Crippen molar-refractivity contribution < 1.29 is 17.9 Å². The van der Waals surface area contributed by atoms with Crippen molar-refractivity contribution in [1.29, 1.82) is 0 Å². The molecular formula is C18H22N2O4S. The van der Waals surface area contributed by atoms with Crippen LogP contribution in [-0.2, 0) is 16.6 Å². The van der Waals surface area contributed by atoms with Gasteiger partial charge in [-0.25, -0.2) is 8.42 Å². The zero-order valence-corrected chi connectivity index (χ0v) is 15.3. The molecule has 0 fully saturated rings. The number of ether oxygens (including phenoxy) is 1. The lowest BCUT2D eigenvalue weighted by Gasteiger charge is -2.16. The smallest absolute Gasteiger partial charge is 0.251 e. The minimum absolute atomic E-state index is 0.220. The van der Waals surface area contributed by atoms with Crippen LogP contribution in [0.2, 0.25) is 0 Å². The van der Waals surface area contributed by atoms with E-state index in [1.165, 1.54) is 7.05 Å². The lowest BCUT2D eigenvalue weighted by molar-refractivity contribution is 0.0951. The van der Waals surface area contributed by atoms with Crippen LogP contribution in [0, 0.1) is 0 Å². The van der Waals surface area contributed by atoms with Gasteiger partial charge in [-0.05, 0) is 48.9 Å². The monoisotopic (exact) mass is 362 g/mol. The van der Waals surface area contributed by atoms with Crippen LogP contribution in [0.1, 0.15) is 22.8 Å². The molecule has 2 aromatic rings. The van der Waals surface area contributed by atoms with E-state index in [-0.39, 0.29) is 5.91 Å². The van der Waals surface area contributed by atoms with Crippen molar-refractivity contribution in [1.82, 2.24) is 5.32 Å². The Bertz CT molecular complexity index is 815. The maximum atomic E-state index is 12.2. The molecule has 0 heterocycles.